The van der Waals surface area contributed by atoms with Crippen LogP contribution in [0.1, 0.15) is 0 Å². The summed E-state index contributed by atoms with van der Waals surface area (Å²) in [7, 11) is 0. The first kappa shape index (κ1) is 33.5. The molecule has 0 unspecified atom stereocenters. The highest BCUT2D eigenvalue weighted by molar-refractivity contribution is 7.26. The molecule has 0 saturated heterocycles. The molecule has 0 aliphatic carbocycles. The molecular weight excluding hydrogens is 745 g/mol. The Labute approximate surface area is 350 Å². The molecule has 0 radical (unpaired) electrons. The Bertz CT molecular complexity index is 3770. The van der Waals surface area contributed by atoms with Gasteiger partial charge in [-0.1, -0.05) is 182 Å². The van der Waals surface area contributed by atoms with Crippen LogP contribution in [-0.4, -0.2) is 0 Å². The van der Waals surface area contributed by atoms with E-state index in [9.17, 15) is 0 Å². The lowest BCUT2D eigenvalue weighted by Crippen LogP contribution is -1.92. The molecule has 0 saturated carbocycles. The molecule has 0 aliphatic heterocycles. The predicted octanol–water partition coefficient (Wildman–Crippen LogP) is 17.2. The van der Waals surface area contributed by atoms with Crippen molar-refractivity contribution in [1.29, 1.82) is 0 Å². The number of hydrogen-bond acceptors (Lipinski definition) is 2. The van der Waals surface area contributed by atoms with Crippen molar-refractivity contribution in [2.75, 3.05) is 0 Å². The average Bonchev–Trinajstić information content (AvgIpc) is 3.89. The number of para-hydroxylation sites is 1. The van der Waals surface area contributed by atoms with E-state index < -0.39 is 0 Å². The fourth-order valence-corrected chi connectivity index (χ4v) is 11.5. The molecule has 0 bridgehead atoms. The van der Waals surface area contributed by atoms with Gasteiger partial charge in [0.2, 0.25) is 0 Å². The lowest BCUT2D eigenvalue weighted by molar-refractivity contribution is 0.669. The maximum Gasteiger partial charge on any atom is 0.136 e. The molecule has 2 heterocycles. The second-order valence-electron chi connectivity index (χ2n) is 15.8. The third-order valence-corrected chi connectivity index (χ3v) is 13.8. The molecule has 13 rings (SSSR count). The van der Waals surface area contributed by atoms with Crippen molar-refractivity contribution in [3.63, 3.8) is 0 Å². The lowest BCUT2D eigenvalue weighted by atomic mass is 9.83. The molecule has 0 amide bonds. The highest BCUT2D eigenvalue weighted by Gasteiger charge is 2.24. The fraction of sp³-hybridized carbons (Fsp3) is 0. The molecule has 0 aliphatic rings. The van der Waals surface area contributed by atoms with E-state index in [1.54, 1.807) is 0 Å². The molecule has 2 heteroatoms. The number of rotatable bonds is 4. The molecule has 0 fully saturated rings. The van der Waals surface area contributed by atoms with Crippen LogP contribution in [0.3, 0.4) is 0 Å². The Morgan fingerprint density at radius 1 is 0.250 bits per heavy atom. The summed E-state index contributed by atoms with van der Waals surface area (Å²) >= 11 is 1.89. The number of hydrogen-bond donors (Lipinski definition) is 0. The van der Waals surface area contributed by atoms with E-state index in [-0.39, 0.29) is 0 Å². The van der Waals surface area contributed by atoms with Gasteiger partial charge in [0.15, 0.2) is 0 Å². The zero-order chi connectivity index (χ0) is 39.3. The number of thiophene rings is 1. The topological polar surface area (TPSA) is 13.1 Å². The first-order chi connectivity index (χ1) is 29.8. The van der Waals surface area contributed by atoms with Crippen molar-refractivity contribution in [3.05, 3.63) is 206 Å². The SMILES string of the molecule is c1ccc(-c2c3ccccc3c(-c3cccc4sc5cccc(-c6c7ccccc7c(-c7cccc8oc9ccccc9c78)c7ccccc67)c5c34)c3ccccc23)cc1. The molecule has 60 heavy (non-hydrogen) atoms. The van der Waals surface area contributed by atoms with E-state index in [1.165, 1.54) is 108 Å². The van der Waals surface area contributed by atoms with Gasteiger partial charge in [0.05, 0.1) is 0 Å². The van der Waals surface area contributed by atoms with Crippen LogP contribution in [-0.2, 0) is 0 Å². The summed E-state index contributed by atoms with van der Waals surface area (Å²) in [6.07, 6.45) is 0. The van der Waals surface area contributed by atoms with Gasteiger partial charge in [-0.3, -0.25) is 0 Å². The van der Waals surface area contributed by atoms with E-state index in [0.29, 0.717) is 0 Å². The monoisotopic (exact) mass is 778 g/mol. The molecule has 0 spiro atoms. The summed E-state index contributed by atoms with van der Waals surface area (Å²) in [5.74, 6) is 0. The molecule has 11 aromatic carbocycles. The van der Waals surface area contributed by atoms with Gasteiger partial charge in [-0.05, 0) is 112 Å². The van der Waals surface area contributed by atoms with Crippen molar-refractivity contribution in [3.8, 4) is 44.5 Å². The number of fused-ring (bicyclic) bond motifs is 10. The predicted molar refractivity (Wildman–Crippen MR) is 258 cm³/mol. The van der Waals surface area contributed by atoms with Gasteiger partial charge in [0.25, 0.3) is 0 Å². The van der Waals surface area contributed by atoms with Crippen molar-refractivity contribution in [2.24, 2.45) is 0 Å². The Morgan fingerprint density at radius 2 is 0.600 bits per heavy atom. The van der Waals surface area contributed by atoms with E-state index in [1.807, 2.05) is 11.3 Å². The highest BCUT2D eigenvalue weighted by Crippen LogP contribution is 2.52. The van der Waals surface area contributed by atoms with Crippen molar-refractivity contribution in [1.82, 2.24) is 0 Å². The summed E-state index contributed by atoms with van der Waals surface area (Å²) in [6, 6.07) is 75.7. The second kappa shape index (κ2) is 13.0. The average molecular weight is 779 g/mol. The molecule has 2 aromatic heterocycles. The minimum absolute atomic E-state index is 0.907. The van der Waals surface area contributed by atoms with Gasteiger partial charge >= 0.3 is 0 Å². The number of furan rings is 1. The Morgan fingerprint density at radius 3 is 1.07 bits per heavy atom. The maximum atomic E-state index is 6.44. The minimum atomic E-state index is 0.907. The summed E-state index contributed by atoms with van der Waals surface area (Å²) in [4.78, 5) is 0. The van der Waals surface area contributed by atoms with Crippen LogP contribution >= 0.6 is 11.3 Å². The minimum Gasteiger partial charge on any atom is -0.456 e. The van der Waals surface area contributed by atoms with Crippen LogP contribution in [0.5, 0.6) is 0 Å². The second-order valence-corrected chi connectivity index (χ2v) is 16.9. The quantitative estimate of drug-likeness (QED) is 0.162. The smallest absolute Gasteiger partial charge is 0.136 e. The Hall–Kier alpha value is -7.52. The van der Waals surface area contributed by atoms with Gasteiger partial charge in [0, 0.05) is 30.9 Å². The maximum absolute atomic E-state index is 6.44. The van der Waals surface area contributed by atoms with Crippen LogP contribution in [0.4, 0.5) is 0 Å². The van der Waals surface area contributed by atoms with Crippen molar-refractivity contribution < 1.29 is 4.42 Å². The molecule has 13 aromatic rings. The van der Waals surface area contributed by atoms with Gasteiger partial charge in [0.1, 0.15) is 11.2 Å². The van der Waals surface area contributed by atoms with Crippen molar-refractivity contribution in [2.45, 2.75) is 0 Å². The largest absolute Gasteiger partial charge is 0.456 e. The zero-order valence-electron chi connectivity index (χ0n) is 32.4. The van der Waals surface area contributed by atoms with Crippen LogP contribution < -0.4 is 0 Å². The molecule has 0 atom stereocenters. The van der Waals surface area contributed by atoms with Gasteiger partial charge in [-0.2, -0.15) is 0 Å². The van der Waals surface area contributed by atoms with Gasteiger partial charge < -0.3 is 4.42 Å². The normalized spacial score (nSPS) is 12.0. The lowest BCUT2D eigenvalue weighted by Gasteiger charge is -2.20. The van der Waals surface area contributed by atoms with Gasteiger partial charge in [-0.15, -0.1) is 11.3 Å². The number of benzene rings is 11. The zero-order valence-corrected chi connectivity index (χ0v) is 33.3. The third kappa shape index (κ3) is 4.74. The van der Waals surface area contributed by atoms with Crippen LogP contribution in [0.15, 0.2) is 211 Å². The standard InChI is InChI=1S/C58H34OS/c1-2-17-35(18-3-1)52-36-19-4-6-21-38(36)54(39-22-7-5-20-37(39)52)46-29-15-33-50-57(46)58-47(30-16-34-51(58)60-50)55-42-25-10-8-23-40(42)53(41-24-9-11-26-43(41)55)45-28-14-32-49-56(45)44-27-12-13-31-48(44)59-49/h1-34H. The molecular formula is C58H34OS. The highest BCUT2D eigenvalue weighted by atomic mass is 32.1. The van der Waals surface area contributed by atoms with Crippen molar-refractivity contribution >= 4 is 96.5 Å². The Kier molecular flexibility index (Phi) is 7.24. The van der Waals surface area contributed by atoms with E-state index in [0.717, 1.165) is 21.9 Å². The summed E-state index contributed by atoms with van der Waals surface area (Å²) in [5, 5.41) is 14.9. The summed E-state index contributed by atoms with van der Waals surface area (Å²) in [5.41, 5.74) is 11.8. The fourth-order valence-electron chi connectivity index (χ4n) is 10.3. The van der Waals surface area contributed by atoms with Crippen LogP contribution in [0.2, 0.25) is 0 Å². The molecule has 278 valence electrons. The third-order valence-electron chi connectivity index (χ3n) is 12.7. The van der Waals surface area contributed by atoms with Gasteiger partial charge in [-0.25, -0.2) is 0 Å². The van der Waals surface area contributed by atoms with E-state index >= 15 is 0 Å². The van der Waals surface area contributed by atoms with E-state index in [2.05, 4.69) is 206 Å². The summed E-state index contributed by atoms with van der Waals surface area (Å²) in [6.45, 7) is 0. The first-order valence-electron chi connectivity index (χ1n) is 20.6. The summed E-state index contributed by atoms with van der Waals surface area (Å²) < 4.78 is 9.02. The Balaban J connectivity index is 1.16. The van der Waals surface area contributed by atoms with Crippen LogP contribution in [0.25, 0.3) is 130 Å². The first-order valence-corrected chi connectivity index (χ1v) is 21.4. The van der Waals surface area contributed by atoms with E-state index in [4.69, 9.17) is 4.42 Å². The van der Waals surface area contributed by atoms with Crippen LogP contribution in [0, 0.1) is 0 Å². The molecule has 1 nitrogen and oxygen atoms in total. The molecule has 0 N–H and O–H groups in total.